The minimum Gasteiger partial charge on any atom is -0.436 e. The van der Waals surface area contributed by atoms with Gasteiger partial charge in [0.15, 0.2) is 11.2 Å². The molecule has 0 N–H and O–H groups in total. The second-order valence-corrected chi connectivity index (χ2v) is 15.2. The van der Waals surface area contributed by atoms with Crippen LogP contribution in [0.2, 0.25) is 0 Å². The molecule has 0 radical (unpaired) electrons. The van der Waals surface area contributed by atoms with Gasteiger partial charge in [0.25, 0.3) is 0 Å². The van der Waals surface area contributed by atoms with Crippen LogP contribution in [0.1, 0.15) is 11.1 Å². The Kier molecular flexibility index (Phi) is 6.59. The topological polar surface area (TPSA) is 52.1 Å². The van der Waals surface area contributed by atoms with Gasteiger partial charge in [0, 0.05) is 11.1 Å². The molecule has 12 rings (SSSR count). The van der Waals surface area contributed by atoms with E-state index in [1.54, 1.807) is 0 Å². The van der Waals surface area contributed by atoms with E-state index in [2.05, 4.69) is 9.97 Å². The van der Waals surface area contributed by atoms with Crippen molar-refractivity contribution in [3.05, 3.63) is 157 Å². The molecule has 10 aromatic carbocycles. The predicted molar refractivity (Wildman–Crippen MR) is 219 cm³/mol. The molecule has 2 aromatic heterocycles. The molecular weight excluding hydrogens is 763 g/mol. The normalized spacial score (nSPS) is 13.3. The zero-order chi connectivity index (χ0) is 40.0. The van der Waals surface area contributed by atoms with Crippen molar-refractivity contribution >= 4 is 86.8 Å². The number of aromatic nitrogens is 2. The fourth-order valence-electron chi connectivity index (χ4n) is 9.30. The lowest BCUT2D eigenvalue weighted by Crippen LogP contribution is -2.54. The van der Waals surface area contributed by atoms with Gasteiger partial charge in [0.2, 0.25) is 17.2 Å². The van der Waals surface area contributed by atoms with Gasteiger partial charge in [-0.05, 0) is 124 Å². The second kappa shape index (κ2) is 11.5. The molecule has 284 valence electrons. The summed E-state index contributed by atoms with van der Waals surface area (Å²) in [6.45, 7) is 0. The van der Waals surface area contributed by atoms with Crippen molar-refractivity contribution in [1.29, 1.82) is 0 Å². The third kappa shape index (κ3) is 4.68. The van der Waals surface area contributed by atoms with Crippen LogP contribution in [0.5, 0.6) is 0 Å². The maximum Gasteiger partial charge on any atom is 0.411 e. The lowest BCUT2D eigenvalue weighted by Gasteiger charge is -2.38. The van der Waals surface area contributed by atoms with E-state index in [0.717, 1.165) is 101 Å². The molecule has 4 nitrogen and oxygen atoms in total. The first-order chi connectivity index (χ1) is 28.4. The van der Waals surface area contributed by atoms with E-state index >= 15 is 26.3 Å². The van der Waals surface area contributed by atoms with Gasteiger partial charge in [0.05, 0.1) is 0 Å². The van der Waals surface area contributed by atoms with E-state index in [9.17, 15) is 0 Å². The number of alkyl halides is 6. The Morgan fingerprint density at radius 2 is 0.678 bits per heavy atom. The van der Waals surface area contributed by atoms with Crippen molar-refractivity contribution in [3.8, 4) is 22.9 Å². The lowest BCUT2D eigenvalue weighted by atomic mass is 9.72. The Balaban J connectivity index is 0.980. The molecule has 0 saturated carbocycles. The fraction of sp³-hybridized carbons (Fsp3) is 0.0612. The van der Waals surface area contributed by atoms with E-state index < -0.39 is 28.9 Å². The van der Waals surface area contributed by atoms with E-state index in [1.165, 1.54) is 0 Å². The summed E-state index contributed by atoms with van der Waals surface area (Å²) in [6.07, 6.45) is -11.7. The van der Waals surface area contributed by atoms with Gasteiger partial charge >= 0.3 is 12.4 Å². The molecule has 2 heterocycles. The molecule has 0 aliphatic heterocycles. The summed E-state index contributed by atoms with van der Waals surface area (Å²) in [5, 5.41) is 12.1. The number of benzene rings is 10. The lowest BCUT2D eigenvalue weighted by molar-refractivity contribution is -0.288. The molecule has 0 aliphatic rings. The van der Waals surface area contributed by atoms with Gasteiger partial charge < -0.3 is 8.83 Å². The molecule has 12 aromatic rings. The highest BCUT2D eigenvalue weighted by Gasteiger charge is 2.72. The Morgan fingerprint density at radius 1 is 0.356 bits per heavy atom. The molecule has 0 fully saturated rings. The van der Waals surface area contributed by atoms with Crippen LogP contribution in [0, 0.1) is 0 Å². The maximum absolute atomic E-state index is 15.5. The maximum atomic E-state index is 15.5. The summed E-state index contributed by atoms with van der Waals surface area (Å²) in [4.78, 5) is 8.92. The van der Waals surface area contributed by atoms with Crippen molar-refractivity contribution in [2.24, 2.45) is 0 Å². The molecule has 10 heteroatoms. The largest absolute Gasteiger partial charge is 0.436 e. The Morgan fingerprint density at radius 3 is 1.02 bits per heavy atom. The van der Waals surface area contributed by atoms with E-state index in [4.69, 9.17) is 8.83 Å². The van der Waals surface area contributed by atoms with Gasteiger partial charge in [-0.1, -0.05) is 97.1 Å². The Labute approximate surface area is 328 Å². The van der Waals surface area contributed by atoms with E-state index in [-0.39, 0.29) is 34.0 Å². The SMILES string of the molecule is FC(F)(F)C(c1ccc2oc(-c3cc4ccc5cccc6ccc(c3)c4c56)nc2c1)(c1ccc2oc(-c3cc4ccc5cccc6ccc(c3)c4c56)nc2c1)C(F)(F)F. The first-order valence-electron chi connectivity index (χ1n) is 18.8. The summed E-state index contributed by atoms with van der Waals surface area (Å²) < 4.78 is 105. The summed E-state index contributed by atoms with van der Waals surface area (Å²) in [5.74, 6) is 0.131. The van der Waals surface area contributed by atoms with Crippen molar-refractivity contribution < 1.29 is 35.2 Å². The molecule has 0 saturated heterocycles. The number of nitrogens with zero attached hydrogens (tertiary/aromatic N) is 2. The summed E-state index contributed by atoms with van der Waals surface area (Å²) in [6, 6.07) is 40.9. The summed E-state index contributed by atoms with van der Waals surface area (Å²) in [7, 11) is 0. The van der Waals surface area contributed by atoms with Gasteiger partial charge in [0.1, 0.15) is 11.0 Å². The minimum absolute atomic E-state index is 0.0390. The van der Waals surface area contributed by atoms with Crippen LogP contribution < -0.4 is 0 Å². The highest BCUT2D eigenvalue weighted by atomic mass is 19.4. The van der Waals surface area contributed by atoms with Gasteiger partial charge in [-0.3, -0.25) is 0 Å². The molecule has 0 aliphatic carbocycles. The molecule has 0 atom stereocenters. The summed E-state index contributed by atoms with van der Waals surface area (Å²) >= 11 is 0. The van der Waals surface area contributed by atoms with Crippen molar-refractivity contribution in [3.63, 3.8) is 0 Å². The summed E-state index contributed by atoms with van der Waals surface area (Å²) in [5.41, 5.74) is -5.74. The third-order valence-electron chi connectivity index (χ3n) is 11.9. The smallest absolute Gasteiger partial charge is 0.411 e. The molecule has 0 spiro atoms. The van der Waals surface area contributed by atoms with Crippen LogP contribution in [-0.2, 0) is 5.41 Å². The Bertz CT molecular complexity index is 3300. The molecule has 0 amide bonds. The highest BCUT2D eigenvalue weighted by molar-refractivity contribution is 6.24. The van der Waals surface area contributed by atoms with Gasteiger partial charge in [-0.15, -0.1) is 0 Å². The number of fused-ring (bicyclic) bond motifs is 2. The minimum atomic E-state index is -5.84. The van der Waals surface area contributed by atoms with Crippen LogP contribution in [0.3, 0.4) is 0 Å². The zero-order valence-electron chi connectivity index (χ0n) is 30.3. The van der Waals surface area contributed by atoms with Gasteiger partial charge in [-0.2, -0.15) is 26.3 Å². The van der Waals surface area contributed by atoms with Crippen LogP contribution in [0.4, 0.5) is 26.3 Å². The number of halogens is 6. The van der Waals surface area contributed by atoms with Gasteiger partial charge in [-0.25, -0.2) is 9.97 Å². The van der Waals surface area contributed by atoms with Crippen LogP contribution in [-0.4, -0.2) is 22.3 Å². The first-order valence-corrected chi connectivity index (χ1v) is 18.8. The van der Waals surface area contributed by atoms with Crippen LogP contribution in [0.15, 0.2) is 154 Å². The molecule has 0 bridgehead atoms. The number of rotatable bonds is 4. The van der Waals surface area contributed by atoms with E-state index in [1.807, 2.05) is 109 Å². The average Bonchev–Trinajstić information content (AvgIpc) is 3.85. The second-order valence-electron chi connectivity index (χ2n) is 15.2. The van der Waals surface area contributed by atoms with Crippen molar-refractivity contribution in [2.45, 2.75) is 17.8 Å². The molecule has 59 heavy (non-hydrogen) atoms. The van der Waals surface area contributed by atoms with Crippen LogP contribution in [0.25, 0.3) is 110 Å². The third-order valence-corrected chi connectivity index (χ3v) is 11.9. The van der Waals surface area contributed by atoms with E-state index in [0.29, 0.717) is 11.1 Å². The van der Waals surface area contributed by atoms with Crippen molar-refractivity contribution in [1.82, 2.24) is 9.97 Å². The fourth-order valence-corrected chi connectivity index (χ4v) is 9.30. The zero-order valence-corrected chi connectivity index (χ0v) is 30.3. The first kappa shape index (κ1) is 33.9. The monoisotopic (exact) mass is 786 g/mol. The number of hydrogen-bond donors (Lipinski definition) is 0. The Hall–Kier alpha value is -7.20. The standard InChI is InChI=1S/C49H24F6N2O2/c50-48(51,52)47(49(53,54)55,35-15-17-39-37(23-35)56-45(58-39)33-19-29-11-7-25-3-1-4-26-8-12-30(20-33)43(29)41(25)26)36-16-18-40-38(24-36)57-46(59-40)34-21-31-13-9-27-5-2-6-28-10-14-32(22-34)44(31)42(27)28/h1-24H. The quantitative estimate of drug-likeness (QED) is 0.132. The molecule has 0 unspecified atom stereocenters. The van der Waals surface area contributed by atoms with Crippen LogP contribution >= 0.6 is 0 Å². The number of hydrogen-bond acceptors (Lipinski definition) is 4. The highest BCUT2D eigenvalue weighted by Crippen LogP contribution is 2.57. The predicted octanol–water partition coefficient (Wildman–Crippen LogP) is 14.5. The van der Waals surface area contributed by atoms with Crippen molar-refractivity contribution in [2.75, 3.05) is 0 Å². The number of oxazole rings is 2. The average molecular weight is 787 g/mol. The molecular formula is C49H24F6N2O2.